The number of alkyl halides is 3. The molecule has 34 heavy (non-hydrogen) atoms. The zero-order valence-corrected chi connectivity index (χ0v) is 20.5. The lowest BCUT2D eigenvalue weighted by Crippen LogP contribution is -2.27. The number of hydrogen-bond acceptors (Lipinski definition) is 1. The summed E-state index contributed by atoms with van der Waals surface area (Å²) < 4.78 is 62.5. The summed E-state index contributed by atoms with van der Waals surface area (Å²) in [6.45, 7) is 3.85. The molecular weight excluding hydrogens is 440 g/mol. The van der Waals surface area contributed by atoms with Crippen LogP contribution < -0.4 is 0 Å². The minimum Gasteiger partial charge on any atom is -0.313 e. The van der Waals surface area contributed by atoms with E-state index in [1.54, 1.807) is 12.1 Å². The Hall–Kier alpha value is -1.88. The fourth-order valence-electron chi connectivity index (χ4n) is 5.02. The summed E-state index contributed by atoms with van der Waals surface area (Å²) in [6.07, 6.45) is 3.88. The van der Waals surface area contributed by atoms with E-state index in [4.69, 9.17) is 0 Å². The highest BCUT2D eigenvalue weighted by Gasteiger charge is 2.44. The van der Waals surface area contributed by atoms with Crippen LogP contribution in [0.25, 0.3) is 0 Å². The highest BCUT2D eigenvalue weighted by molar-refractivity contribution is 5.28. The van der Waals surface area contributed by atoms with E-state index in [2.05, 4.69) is 18.6 Å². The van der Waals surface area contributed by atoms with Crippen molar-refractivity contribution < 1.29 is 22.3 Å². The van der Waals surface area contributed by atoms with Crippen LogP contribution >= 0.6 is 0 Å². The Morgan fingerprint density at radius 2 is 1.59 bits per heavy atom. The van der Waals surface area contributed by atoms with Gasteiger partial charge in [-0.1, -0.05) is 75.9 Å². The molecule has 0 bridgehead atoms. The van der Waals surface area contributed by atoms with E-state index in [0.29, 0.717) is 23.5 Å². The van der Waals surface area contributed by atoms with E-state index in [9.17, 15) is 17.6 Å². The second-order valence-corrected chi connectivity index (χ2v) is 9.77. The molecule has 1 aliphatic rings. The Bertz CT molecular complexity index is 872. The smallest absolute Gasteiger partial charge is 0.313 e. The quantitative estimate of drug-likeness (QED) is 0.218. The molecule has 0 aliphatic heterocycles. The Kier molecular flexibility index (Phi) is 9.99. The Morgan fingerprint density at radius 1 is 0.912 bits per heavy atom. The van der Waals surface area contributed by atoms with Crippen molar-refractivity contribution in [1.82, 2.24) is 0 Å². The number of benzene rings is 2. The van der Waals surface area contributed by atoms with Crippen molar-refractivity contribution in [2.45, 2.75) is 103 Å². The van der Waals surface area contributed by atoms with Gasteiger partial charge in [0.25, 0.3) is 0 Å². The summed E-state index contributed by atoms with van der Waals surface area (Å²) in [5.41, 5.74) is 1.78. The molecule has 5 heteroatoms. The first-order chi connectivity index (χ1) is 16.3. The van der Waals surface area contributed by atoms with Crippen molar-refractivity contribution in [3.63, 3.8) is 0 Å². The van der Waals surface area contributed by atoms with Crippen LogP contribution in [0.4, 0.5) is 17.6 Å². The molecule has 1 fully saturated rings. The van der Waals surface area contributed by atoms with Gasteiger partial charge < -0.3 is 4.74 Å². The summed E-state index contributed by atoms with van der Waals surface area (Å²) in [6, 6.07) is 11.2. The summed E-state index contributed by atoms with van der Waals surface area (Å²) in [5.74, 6) is 0.377. The molecule has 188 valence electrons. The van der Waals surface area contributed by atoms with Crippen LogP contribution in [0, 0.1) is 11.7 Å². The van der Waals surface area contributed by atoms with Gasteiger partial charge in [0.1, 0.15) is 5.82 Å². The molecule has 1 saturated carbocycles. The second-order valence-electron chi connectivity index (χ2n) is 9.77. The van der Waals surface area contributed by atoms with Crippen LogP contribution in [0.1, 0.15) is 106 Å². The number of unbranched alkanes of at least 4 members (excludes halogenated alkanes) is 2. The van der Waals surface area contributed by atoms with Crippen LogP contribution in [0.5, 0.6) is 0 Å². The van der Waals surface area contributed by atoms with Crippen molar-refractivity contribution >= 4 is 0 Å². The van der Waals surface area contributed by atoms with Crippen LogP contribution in [0.3, 0.4) is 0 Å². The fourth-order valence-corrected chi connectivity index (χ4v) is 5.02. The van der Waals surface area contributed by atoms with E-state index in [1.807, 2.05) is 12.1 Å². The van der Waals surface area contributed by atoms with E-state index in [-0.39, 0.29) is 0 Å². The molecule has 2 aromatic carbocycles. The topological polar surface area (TPSA) is 9.23 Å². The summed E-state index contributed by atoms with van der Waals surface area (Å²) >= 11 is 0. The molecular formula is C29H38F4O. The summed E-state index contributed by atoms with van der Waals surface area (Å²) in [7, 11) is 0. The van der Waals surface area contributed by atoms with Gasteiger partial charge in [0.2, 0.25) is 6.17 Å². The van der Waals surface area contributed by atoms with Gasteiger partial charge >= 0.3 is 6.11 Å². The number of halogens is 4. The molecule has 0 spiro atoms. The maximum absolute atomic E-state index is 14.6. The normalized spacial score (nSPS) is 19.8. The molecule has 0 amide bonds. The van der Waals surface area contributed by atoms with Gasteiger partial charge in [-0.05, 0) is 73.1 Å². The number of rotatable bonds is 12. The molecule has 0 aromatic heterocycles. The standard InChI is InChI=1S/C29H38F4O/c1-3-5-6-8-22-13-18-26(27(30)19-22)28(31)29(32,33)34-20-23-11-16-25(17-12-23)24-14-9-21(7-4-2)10-15-24/h11-13,16-19,21,24,28H,3-10,14-15,20H2,1-2H3. The largest absolute Gasteiger partial charge is 0.391 e. The highest BCUT2D eigenvalue weighted by Crippen LogP contribution is 2.39. The molecule has 1 unspecified atom stereocenters. The summed E-state index contributed by atoms with van der Waals surface area (Å²) in [4.78, 5) is 0. The molecule has 2 aromatic rings. The third-order valence-electron chi connectivity index (χ3n) is 7.13. The number of aryl methyl sites for hydroxylation is 1. The summed E-state index contributed by atoms with van der Waals surface area (Å²) in [5, 5.41) is 0. The van der Waals surface area contributed by atoms with Gasteiger partial charge in [0.05, 0.1) is 6.61 Å². The predicted octanol–water partition coefficient (Wildman–Crippen LogP) is 9.45. The minimum absolute atomic E-state index is 0.437. The molecule has 0 N–H and O–H groups in total. The maximum atomic E-state index is 14.6. The lowest BCUT2D eigenvalue weighted by molar-refractivity contribution is -0.282. The van der Waals surface area contributed by atoms with E-state index in [0.717, 1.165) is 50.2 Å². The van der Waals surface area contributed by atoms with E-state index >= 15 is 0 Å². The van der Waals surface area contributed by atoms with Crippen LogP contribution in [-0.4, -0.2) is 6.11 Å². The minimum atomic E-state index is -4.12. The molecule has 0 radical (unpaired) electrons. The van der Waals surface area contributed by atoms with Gasteiger partial charge in [-0.2, -0.15) is 8.78 Å². The number of ether oxygens (including phenoxy) is 1. The highest BCUT2D eigenvalue weighted by atomic mass is 19.3. The molecule has 0 saturated heterocycles. The van der Waals surface area contributed by atoms with Gasteiger partial charge in [-0.3, -0.25) is 0 Å². The molecule has 0 heterocycles. The fraction of sp³-hybridized carbons (Fsp3) is 0.586. The van der Waals surface area contributed by atoms with Crippen LogP contribution in [-0.2, 0) is 17.8 Å². The predicted molar refractivity (Wildman–Crippen MR) is 129 cm³/mol. The second kappa shape index (κ2) is 12.7. The number of hydrogen-bond donors (Lipinski definition) is 0. The zero-order chi connectivity index (χ0) is 24.6. The van der Waals surface area contributed by atoms with Gasteiger partial charge in [0, 0.05) is 5.56 Å². The average molecular weight is 479 g/mol. The maximum Gasteiger partial charge on any atom is 0.391 e. The SMILES string of the molecule is CCCCCc1ccc(C(F)C(F)(F)OCc2ccc(C3CCC(CCC)CC3)cc2)c(F)c1. The van der Waals surface area contributed by atoms with Crippen molar-refractivity contribution in [2.75, 3.05) is 0 Å². The molecule has 1 aliphatic carbocycles. The van der Waals surface area contributed by atoms with Crippen molar-refractivity contribution in [1.29, 1.82) is 0 Å². The Morgan fingerprint density at radius 3 is 2.21 bits per heavy atom. The van der Waals surface area contributed by atoms with Crippen LogP contribution in [0.15, 0.2) is 42.5 Å². The molecule has 1 nitrogen and oxygen atoms in total. The van der Waals surface area contributed by atoms with Gasteiger partial charge in [-0.25, -0.2) is 8.78 Å². The first-order valence-corrected chi connectivity index (χ1v) is 12.9. The first-order valence-electron chi connectivity index (χ1n) is 12.9. The average Bonchev–Trinajstić information content (AvgIpc) is 2.84. The van der Waals surface area contributed by atoms with Crippen molar-refractivity contribution in [3.8, 4) is 0 Å². The van der Waals surface area contributed by atoms with Crippen molar-refractivity contribution in [3.05, 3.63) is 70.5 Å². The van der Waals surface area contributed by atoms with E-state index in [1.165, 1.54) is 37.3 Å². The third-order valence-corrected chi connectivity index (χ3v) is 7.13. The Balaban J connectivity index is 1.54. The lowest BCUT2D eigenvalue weighted by Gasteiger charge is -2.28. The Labute approximate surface area is 201 Å². The van der Waals surface area contributed by atoms with Crippen molar-refractivity contribution in [2.24, 2.45) is 5.92 Å². The molecule has 1 atom stereocenters. The van der Waals surface area contributed by atoms with E-state index < -0.39 is 30.3 Å². The van der Waals surface area contributed by atoms with Gasteiger partial charge in [-0.15, -0.1) is 0 Å². The zero-order valence-electron chi connectivity index (χ0n) is 20.5. The monoisotopic (exact) mass is 478 g/mol. The first kappa shape index (κ1) is 26.7. The van der Waals surface area contributed by atoms with Crippen LogP contribution in [0.2, 0.25) is 0 Å². The molecule has 3 rings (SSSR count). The lowest BCUT2D eigenvalue weighted by atomic mass is 9.77. The third kappa shape index (κ3) is 7.31. The van der Waals surface area contributed by atoms with Gasteiger partial charge in [0.15, 0.2) is 0 Å².